The van der Waals surface area contributed by atoms with E-state index in [0.29, 0.717) is 6.04 Å². The van der Waals surface area contributed by atoms with Crippen LogP contribution in [0.25, 0.3) is 11.0 Å². The third-order valence-corrected chi connectivity index (χ3v) is 6.26. The molecule has 0 spiro atoms. The number of aliphatic hydroxyl groups is 1. The van der Waals surface area contributed by atoms with Crippen LogP contribution < -0.4 is 5.69 Å². The molecule has 0 aromatic carbocycles. The van der Waals surface area contributed by atoms with E-state index < -0.39 is 0 Å². The molecule has 5 nitrogen and oxygen atoms in total. The van der Waals surface area contributed by atoms with E-state index in [-0.39, 0.29) is 12.3 Å². The molecule has 5 heteroatoms. The number of nitrogens with zero attached hydrogens (tertiary/aromatic N) is 2. The summed E-state index contributed by atoms with van der Waals surface area (Å²) in [5.41, 5.74) is 3.48. The van der Waals surface area contributed by atoms with Crippen molar-refractivity contribution >= 4 is 11.0 Å². The summed E-state index contributed by atoms with van der Waals surface area (Å²) in [5, 5.41) is 7.57. The van der Waals surface area contributed by atoms with E-state index in [4.69, 9.17) is 5.11 Å². The molecule has 0 radical (unpaired) electrons. The highest BCUT2D eigenvalue weighted by Gasteiger charge is 2.23. The molecule has 0 atom stereocenters. The number of hydrogen-bond acceptors (Lipinski definition) is 3. The van der Waals surface area contributed by atoms with Crippen molar-refractivity contribution in [2.75, 3.05) is 6.61 Å². The maximum absolute atomic E-state index is 12.1. The molecule has 2 aromatic rings. The van der Waals surface area contributed by atoms with E-state index in [9.17, 15) is 4.79 Å². The number of H-pyrrole nitrogens is 1. The second-order valence-electron chi connectivity index (χ2n) is 8.92. The van der Waals surface area contributed by atoms with Crippen molar-refractivity contribution in [2.24, 2.45) is 5.41 Å². The lowest BCUT2D eigenvalue weighted by Gasteiger charge is -2.32. The number of hydrogen-bond donors (Lipinski definition) is 2. The van der Waals surface area contributed by atoms with Crippen LogP contribution in [0.2, 0.25) is 0 Å². The van der Waals surface area contributed by atoms with Gasteiger partial charge in [0.15, 0.2) is 0 Å². The summed E-state index contributed by atoms with van der Waals surface area (Å²) in [6.07, 6.45) is 14.8. The largest absolute Gasteiger partial charge is 0.397 e. The molecule has 2 aromatic heterocycles. The number of fused-ring (bicyclic) bond motifs is 1. The molecule has 0 saturated heterocycles. The number of aryl methyl sites for hydroxylation is 1. The predicted molar refractivity (Wildman–Crippen MR) is 128 cm³/mol. The fourth-order valence-electron chi connectivity index (χ4n) is 4.32. The second kappa shape index (κ2) is 13.6. The first-order valence-corrected chi connectivity index (χ1v) is 12.0. The summed E-state index contributed by atoms with van der Waals surface area (Å²) in [6.45, 7) is 13.0. The van der Waals surface area contributed by atoms with Gasteiger partial charge in [-0.1, -0.05) is 66.2 Å². The van der Waals surface area contributed by atoms with Gasteiger partial charge in [0.1, 0.15) is 0 Å². The minimum absolute atomic E-state index is 0.00991. The lowest BCUT2D eigenvalue weighted by Crippen LogP contribution is -2.22. The van der Waals surface area contributed by atoms with Crippen molar-refractivity contribution in [3.8, 4) is 0 Å². The molecule has 0 aliphatic heterocycles. The third-order valence-electron chi connectivity index (χ3n) is 6.26. The molecule has 3 rings (SSSR count). The highest BCUT2D eigenvalue weighted by Crippen LogP contribution is 2.38. The molecule has 2 heterocycles. The van der Waals surface area contributed by atoms with E-state index in [1.54, 1.807) is 13.1 Å². The predicted octanol–water partition coefficient (Wildman–Crippen LogP) is 6.54. The summed E-state index contributed by atoms with van der Waals surface area (Å²) in [4.78, 5) is 19.2. The van der Waals surface area contributed by atoms with E-state index in [1.807, 2.05) is 17.6 Å². The number of rotatable bonds is 6. The van der Waals surface area contributed by atoms with Crippen molar-refractivity contribution in [3.05, 3.63) is 28.4 Å². The molecule has 1 aliphatic rings. The minimum Gasteiger partial charge on any atom is -0.397 e. The zero-order valence-electron chi connectivity index (χ0n) is 20.3. The van der Waals surface area contributed by atoms with Gasteiger partial charge in [-0.15, -0.1) is 0 Å². The highest BCUT2D eigenvalue weighted by molar-refractivity contribution is 5.74. The maximum Gasteiger partial charge on any atom is 0.326 e. The lowest BCUT2D eigenvalue weighted by molar-refractivity contribution is 0.208. The van der Waals surface area contributed by atoms with Gasteiger partial charge in [-0.25, -0.2) is 4.79 Å². The summed E-state index contributed by atoms with van der Waals surface area (Å²) in [5.74, 6) is 0. The Labute approximate surface area is 183 Å². The molecular formula is C25H45N3O2. The number of aliphatic hydroxyl groups excluding tert-OH is 1. The van der Waals surface area contributed by atoms with Crippen LogP contribution in [-0.4, -0.2) is 26.2 Å². The quantitative estimate of drug-likeness (QED) is 0.558. The molecular weight excluding hydrogens is 374 g/mol. The number of imidazole rings is 1. The monoisotopic (exact) mass is 419 g/mol. The molecule has 0 bridgehead atoms. The first kappa shape index (κ1) is 26.4. The van der Waals surface area contributed by atoms with Gasteiger partial charge >= 0.3 is 5.69 Å². The van der Waals surface area contributed by atoms with Gasteiger partial charge in [0.05, 0.1) is 17.2 Å². The number of pyridine rings is 1. The normalized spacial score (nSPS) is 15.3. The van der Waals surface area contributed by atoms with Crippen LogP contribution in [0.5, 0.6) is 0 Å². The minimum atomic E-state index is -0.00991. The van der Waals surface area contributed by atoms with Crippen molar-refractivity contribution in [1.82, 2.24) is 14.5 Å². The number of aromatic amines is 1. The van der Waals surface area contributed by atoms with Crippen LogP contribution in [0.3, 0.4) is 0 Å². The summed E-state index contributed by atoms with van der Waals surface area (Å²) >= 11 is 0. The van der Waals surface area contributed by atoms with Crippen LogP contribution in [0.1, 0.15) is 111 Å². The summed E-state index contributed by atoms with van der Waals surface area (Å²) in [6, 6.07) is 2.29. The number of aromatic nitrogens is 3. The summed E-state index contributed by atoms with van der Waals surface area (Å²) < 4.78 is 1.91. The van der Waals surface area contributed by atoms with Gasteiger partial charge < -0.3 is 10.1 Å². The number of nitrogens with one attached hydrogen (secondary N) is 1. The van der Waals surface area contributed by atoms with Crippen LogP contribution >= 0.6 is 0 Å². The molecule has 2 N–H and O–H groups in total. The van der Waals surface area contributed by atoms with Crippen molar-refractivity contribution < 1.29 is 5.11 Å². The average Bonchev–Trinajstić information content (AvgIpc) is 3.04. The first-order chi connectivity index (χ1) is 14.4. The Kier molecular flexibility index (Phi) is 12.0. The van der Waals surface area contributed by atoms with Gasteiger partial charge in [-0.3, -0.25) is 9.55 Å². The molecule has 172 valence electrons. The zero-order chi connectivity index (χ0) is 22.6. The average molecular weight is 420 g/mol. The standard InChI is InChI=1S/C14H21N3O.C9H18.C2H6O/c1-4-6-11(7-5-2)17-13-8-10(3)15-9-12(13)16-14(17)18;1-3-9(2)7-5-4-6-8-9;1-2-3/h8-9,11H,4-7H2,1-3H3,(H,16,18);3-8H2,1-2H3;3H,2H2,1H3. The van der Waals surface area contributed by atoms with Crippen molar-refractivity contribution in [1.29, 1.82) is 0 Å². The highest BCUT2D eigenvalue weighted by atomic mass is 16.2. The third kappa shape index (κ3) is 7.90. The summed E-state index contributed by atoms with van der Waals surface area (Å²) in [7, 11) is 0. The Bertz CT molecular complexity index is 766. The first-order valence-electron chi connectivity index (χ1n) is 12.0. The fraction of sp³-hybridized carbons (Fsp3) is 0.760. The van der Waals surface area contributed by atoms with Crippen molar-refractivity contribution in [2.45, 2.75) is 112 Å². The zero-order valence-corrected chi connectivity index (χ0v) is 20.3. The van der Waals surface area contributed by atoms with Crippen LogP contribution in [0, 0.1) is 12.3 Å². The van der Waals surface area contributed by atoms with E-state index >= 15 is 0 Å². The van der Waals surface area contributed by atoms with Gasteiger partial charge in [0.2, 0.25) is 0 Å². The molecule has 0 unspecified atom stereocenters. The van der Waals surface area contributed by atoms with Crippen LogP contribution in [-0.2, 0) is 0 Å². The van der Waals surface area contributed by atoms with Gasteiger partial charge in [-0.2, -0.15) is 0 Å². The van der Waals surface area contributed by atoms with Crippen LogP contribution in [0.15, 0.2) is 17.1 Å². The van der Waals surface area contributed by atoms with E-state index in [0.717, 1.165) is 47.8 Å². The Morgan fingerprint density at radius 1 is 1.13 bits per heavy atom. The van der Waals surface area contributed by atoms with Gasteiger partial charge in [-0.05, 0) is 51.0 Å². The lowest BCUT2D eigenvalue weighted by atomic mass is 9.74. The fourth-order valence-corrected chi connectivity index (χ4v) is 4.32. The SMILES string of the molecule is CCC1(C)CCCCC1.CCCC(CCC)n1c(=O)[nH]c2cnc(C)cc21.CCO. The van der Waals surface area contributed by atoms with E-state index in [2.05, 4.69) is 37.7 Å². The Morgan fingerprint density at radius 3 is 2.17 bits per heavy atom. The Hall–Kier alpha value is -1.62. The van der Waals surface area contributed by atoms with Crippen LogP contribution in [0.4, 0.5) is 0 Å². The van der Waals surface area contributed by atoms with Gasteiger partial charge in [0, 0.05) is 18.3 Å². The molecule has 1 fully saturated rings. The second-order valence-corrected chi connectivity index (χ2v) is 8.92. The Balaban J connectivity index is 0.000000313. The molecule has 1 saturated carbocycles. The molecule has 1 aliphatic carbocycles. The smallest absolute Gasteiger partial charge is 0.326 e. The van der Waals surface area contributed by atoms with Gasteiger partial charge in [0.25, 0.3) is 0 Å². The Morgan fingerprint density at radius 2 is 1.70 bits per heavy atom. The molecule has 0 amide bonds. The maximum atomic E-state index is 12.1. The van der Waals surface area contributed by atoms with Crippen molar-refractivity contribution in [3.63, 3.8) is 0 Å². The molecule has 30 heavy (non-hydrogen) atoms. The topological polar surface area (TPSA) is 70.9 Å². The van der Waals surface area contributed by atoms with E-state index in [1.165, 1.54) is 38.5 Å².